The zero-order valence-corrected chi connectivity index (χ0v) is 35.1. The molecular formula is C49H78O6. The van der Waals surface area contributed by atoms with Crippen LogP contribution in [0.4, 0.5) is 0 Å². The Labute approximate surface area is 337 Å². The highest BCUT2D eigenvalue weighted by molar-refractivity contribution is 5.71. The first-order valence-corrected chi connectivity index (χ1v) is 21.7. The Morgan fingerprint density at radius 3 is 1.09 bits per heavy atom. The van der Waals surface area contributed by atoms with E-state index in [4.69, 9.17) is 14.2 Å². The molecule has 0 bridgehead atoms. The molecule has 0 spiro atoms. The quantitative estimate of drug-likeness (QED) is 0.0271. The molecule has 0 saturated carbocycles. The van der Waals surface area contributed by atoms with E-state index >= 15 is 0 Å². The Kier molecular flexibility index (Phi) is 40.2. The number of esters is 3. The summed E-state index contributed by atoms with van der Waals surface area (Å²) in [6.45, 7) is 6.23. The lowest BCUT2D eigenvalue weighted by Gasteiger charge is -2.18. The summed E-state index contributed by atoms with van der Waals surface area (Å²) in [5.74, 6) is -0.993. The molecule has 1 atom stereocenters. The molecule has 0 saturated heterocycles. The van der Waals surface area contributed by atoms with Crippen molar-refractivity contribution < 1.29 is 28.6 Å². The van der Waals surface area contributed by atoms with Gasteiger partial charge in [-0.1, -0.05) is 157 Å². The van der Waals surface area contributed by atoms with E-state index in [-0.39, 0.29) is 37.5 Å². The number of unbranched alkanes of at least 4 members (excludes halogenated alkanes) is 10. The molecule has 0 radical (unpaired) electrons. The van der Waals surface area contributed by atoms with Gasteiger partial charge in [-0.2, -0.15) is 0 Å². The summed E-state index contributed by atoms with van der Waals surface area (Å²) in [6, 6.07) is 0. The van der Waals surface area contributed by atoms with Gasteiger partial charge in [0.1, 0.15) is 13.2 Å². The Morgan fingerprint density at radius 2 is 0.709 bits per heavy atom. The molecule has 6 heteroatoms. The number of hydrogen-bond donors (Lipinski definition) is 0. The minimum Gasteiger partial charge on any atom is -0.462 e. The third-order valence-corrected chi connectivity index (χ3v) is 8.58. The predicted octanol–water partition coefficient (Wildman–Crippen LogP) is 13.9. The van der Waals surface area contributed by atoms with Crippen molar-refractivity contribution >= 4 is 17.9 Å². The van der Waals surface area contributed by atoms with Crippen LogP contribution in [-0.2, 0) is 28.6 Å². The van der Waals surface area contributed by atoms with Crippen molar-refractivity contribution in [3.05, 3.63) is 97.2 Å². The SMILES string of the molecule is CC/C=C\C/C=C\C/C=C\C/C=C\C/C=C\CCCCCC(=O)OCC(COC(=O)CCCCCCC)OC(=O)CCCCC/C=C\C/C=C\C/C=C\CC. The van der Waals surface area contributed by atoms with E-state index in [2.05, 4.69) is 118 Å². The fourth-order valence-electron chi connectivity index (χ4n) is 5.36. The second kappa shape index (κ2) is 43.1. The summed E-state index contributed by atoms with van der Waals surface area (Å²) in [4.78, 5) is 37.4. The summed E-state index contributed by atoms with van der Waals surface area (Å²) in [5, 5.41) is 0. The molecule has 0 aromatic heterocycles. The summed E-state index contributed by atoms with van der Waals surface area (Å²) in [5.41, 5.74) is 0. The normalized spacial score (nSPS) is 13.0. The molecule has 0 aliphatic carbocycles. The molecule has 0 aliphatic heterocycles. The van der Waals surface area contributed by atoms with Gasteiger partial charge in [0.25, 0.3) is 0 Å². The van der Waals surface area contributed by atoms with E-state index in [0.29, 0.717) is 12.8 Å². The fraction of sp³-hybridized carbons (Fsp3) is 0.612. The van der Waals surface area contributed by atoms with E-state index in [0.717, 1.165) is 135 Å². The van der Waals surface area contributed by atoms with Crippen molar-refractivity contribution in [2.24, 2.45) is 0 Å². The Balaban J connectivity index is 4.36. The maximum atomic E-state index is 12.6. The lowest BCUT2D eigenvalue weighted by Crippen LogP contribution is -2.30. The average molecular weight is 763 g/mol. The number of carbonyl (C=O) groups is 3. The highest BCUT2D eigenvalue weighted by Crippen LogP contribution is 2.11. The lowest BCUT2D eigenvalue weighted by atomic mass is 10.1. The van der Waals surface area contributed by atoms with Crippen molar-refractivity contribution in [1.82, 2.24) is 0 Å². The zero-order valence-electron chi connectivity index (χ0n) is 35.1. The number of allylic oxidation sites excluding steroid dienone is 16. The van der Waals surface area contributed by atoms with Crippen molar-refractivity contribution in [3.63, 3.8) is 0 Å². The Morgan fingerprint density at radius 1 is 0.382 bits per heavy atom. The van der Waals surface area contributed by atoms with Gasteiger partial charge >= 0.3 is 17.9 Å². The molecular weight excluding hydrogens is 685 g/mol. The van der Waals surface area contributed by atoms with Crippen molar-refractivity contribution in [3.8, 4) is 0 Å². The monoisotopic (exact) mass is 763 g/mol. The topological polar surface area (TPSA) is 78.9 Å². The fourth-order valence-corrected chi connectivity index (χ4v) is 5.36. The minimum absolute atomic E-state index is 0.103. The van der Waals surface area contributed by atoms with E-state index < -0.39 is 6.10 Å². The van der Waals surface area contributed by atoms with Crippen molar-refractivity contribution in [2.75, 3.05) is 13.2 Å². The number of ether oxygens (including phenoxy) is 3. The van der Waals surface area contributed by atoms with Crippen LogP contribution in [0.3, 0.4) is 0 Å². The van der Waals surface area contributed by atoms with Gasteiger partial charge in [0.2, 0.25) is 0 Å². The van der Waals surface area contributed by atoms with E-state index in [1.54, 1.807) is 0 Å². The van der Waals surface area contributed by atoms with Gasteiger partial charge in [-0.05, 0) is 96.3 Å². The molecule has 1 unspecified atom stereocenters. The zero-order chi connectivity index (χ0) is 40.1. The molecule has 0 aromatic rings. The lowest BCUT2D eigenvalue weighted by molar-refractivity contribution is -0.167. The van der Waals surface area contributed by atoms with Gasteiger partial charge in [-0.25, -0.2) is 0 Å². The summed E-state index contributed by atoms with van der Waals surface area (Å²) >= 11 is 0. The molecule has 310 valence electrons. The van der Waals surface area contributed by atoms with E-state index in [1.807, 2.05) is 0 Å². The summed E-state index contributed by atoms with van der Waals surface area (Å²) in [6.07, 6.45) is 55.7. The highest BCUT2D eigenvalue weighted by atomic mass is 16.6. The number of carbonyl (C=O) groups excluding carboxylic acids is 3. The third kappa shape index (κ3) is 41.3. The maximum Gasteiger partial charge on any atom is 0.306 e. The van der Waals surface area contributed by atoms with Gasteiger partial charge in [0.15, 0.2) is 6.10 Å². The third-order valence-electron chi connectivity index (χ3n) is 8.58. The first-order chi connectivity index (χ1) is 27.0. The molecule has 6 nitrogen and oxygen atoms in total. The molecule has 0 aromatic carbocycles. The van der Waals surface area contributed by atoms with Crippen LogP contribution in [0.5, 0.6) is 0 Å². The second-order valence-electron chi connectivity index (χ2n) is 13.8. The van der Waals surface area contributed by atoms with Gasteiger partial charge in [-0.15, -0.1) is 0 Å². The standard InChI is InChI=1S/C49H78O6/c1-4-7-10-13-15-17-19-21-22-23-24-25-26-28-29-31-33-36-39-42-48(51)54-45-46(44-53-47(50)41-38-35-12-9-6-3)55-49(52)43-40-37-34-32-30-27-20-18-16-14-11-8-5-2/h7-8,10-11,15-18,21-22,24-25,27-30,46H,4-6,9,12-14,19-20,23,26,31-45H2,1-3H3/b10-7-,11-8-,17-15-,18-16-,22-21-,25-24-,29-28-,30-27-. The molecule has 0 amide bonds. The Hall–Kier alpha value is -3.67. The molecule has 0 fully saturated rings. The smallest absolute Gasteiger partial charge is 0.306 e. The van der Waals surface area contributed by atoms with E-state index in [1.165, 1.54) is 0 Å². The van der Waals surface area contributed by atoms with Crippen LogP contribution in [0.15, 0.2) is 97.2 Å². The van der Waals surface area contributed by atoms with Gasteiger partial charge < -0.3 is 14.2 Å². The summed E-state index contributed by atoms with van der Waals surface area (Å²) in [7, 11) is 0. The first kappa shape index (κ1) is 51.3. The van der Waals surface area contributed by atoms with E-state index in [9.17, 15) is 14.4 Å². The molecule has 0 aliphatic rings. The van der Waals surface area contributed by atoms with Crippen LogP contribution in [0.1, 0.15) is 175 Å². The van der Waals surface area contributed by atoms with Crippen molar-refractivity contribution in [2.45, 2.75) is 181 Å². The van der Waals surface area contributed by atoms with Crippen molar-refractivity contribution in [1.29, 1.82) is 0 Å². The molecule has 0 rings (SSSR count). The van der Waals surface area contributed by atoms with Gasteiger partial charge in [-0.3, -0.25) is 14.4 Å². The minimum atomic E-state index is -0.802. The number of rotatable bonds is 37. The van der Waals surface area contributed by atoms with Crippen LogP contribution in [0.25, 0.3) is 0 Å². The molecule has 0 heterocycles. The maximum absolute atomic E-state index is 12.6. The largest absolute Gasteiger partial charge is 0.462 e. The van der Waals surface area contributed by atoms with Gasteiger partial charge in [0, 0.05) is 19.3 Å². The van der Waals surface area contributed by atoms with Crippen LogP contribution >= 0.6 is 0 Å². The van der Waals surface area contributed by atoms with Crippen LogP contribution in [0, 0.1) is 0 Å². The van der Waals surface area contributed by atoms with Gasteiger partial charge in [0.05, 0.1) is 0 Å². The summed E-state index contributed by atoms with van der Waals surface area (Å²) < 4.78 is 16.5. The number of hydrogen-bond acceptors (Lipinski definition) is 6. The molecule has 0 N–H and O–H groups in total. The highest BCUT2D eigenvalue weighted by Gasteiger charge is 2.19. The van der Waals surface area contributed by atoms with Crippen LogP contribution < -0.4 is 0 Å². The average Bonchev–Trinajstić information content (AvgIpc) is 3.18. The Bertz CT molecular complexity index is 1150. The van der Waals surface area contributed by atoms with Crippen LogP contribution in [-0.4, -0.2) is 37.2 Å². The second-order valence-corrected chi connectivity index (χ2v) is 13.8. The first-order valence-electron chi connectivity index (χ1n) is 21.7. The molecule has 55 heavy (non-hydrogen) atoms. The predicted molar refractivity (Wildman–Crippen MR) is 233 cm³/mol. The van der Waals surface area contributed by atoms with Crippen LogP contribution in [0.2, 0.25) is 0 Å².